The van der Waals surface area contributed by atoms with Crippen molar-refractivity contribution in [2.24, 2.45) is 0 Å². The first-order chi connectivity index (χ1) is 16.2. The Morgan fingerprint density at radius 1 is 0.848 bits per heavy atom. The second kappa shape index (κ2) is 9.13. The van der Waals surface area contributed by atoms with Gasteiger partial charge in [0.15, 0.2) is 0 Å². The molecular formula is C29H23NO3. The minimum Gasteiger partial charge on any atom is -0.454 e. The zero-order chi connectivity index (χ0) is 22.6. The molecule has 33 heavy (non-hydrogen) atoms. The van der Waals surface area contributed by atoms with Crippen LogP contribution in [0.1, 0.15) is 49.1 Å². The first kappa shape index (κ1) is 20.7. The van der Waals surface area contributed by atoms with Crippen LogP contribution >= 0.6 is 0 Å². The number of rotatable bonds is 5. The summed E-state index contributed by atoms with van der Waals surface area (Å²) in [6.45, 7) is 0. The Morgan fingerprint density at radius 3 is 2.33 bits per heavy atom. The number of cyclic esters (lactones) is 1. The first-order valence-corrected chi connectivity index (χ1v) is 11.0. The zero-order valence-electron chi connectivity index (χ0n) is 18.0. The molecule has 0 fully saturated rings. The maximum atomic E-state index is 13.1. The second-order valence-corrected chi connectivity index (χ2v) is 8.15. The van der Waals surface area contributed by atoms with Gasteiger partial charge in [0, 0.05) is 17.7 Å². The van der Waals surface area contributed by atoms with Crippen LogP contribution in [0.25, 0.3) is 0 Å². The van der Waals surface area contributed by atoms with Gasteiger partial charge in [-0.2, -0.15) is 0 Å². The van der Waals surface area contributed by atoms with Gasteiger partial charge in [0.25, 0.3) is 5.91 Å². The van der Waals surface area contributed by atoms with E-state index < -0.39 is 0 Å². The van der Waals surface area contributed by atoms with Crippen LogP contribution in [0.2, 0.25) is 0 Å². The van der Waals surface area contributed by atoms with Crippen molar-refractivity contribution in [1.82, 2.24) is 0 Å². The second-order valence-electron chi connectivity index (χ2n) is 8.15. The minimum absolute atomic E-state index is 0.200. The van der Waals surface area contributed by atoms with Crippen LogP contribution in [0.3, 0.4) is 0 Å². The van der Waals surface area contributed by atoms with Crippen LogP contribution in [0.4, 0.5) is 5.69 Å². The highest BCUT2D eigenvalue weighted by Crippen LogP contribution is 2.31. The number of carbonyl (C=O) groups is 2. The molecule has 1 N–H and O–H groups in total. The number of hydrogen-bond acceptors (Lipinski definition) is 3. The first-order valence-electron chi connectivity index (χ1n) is 11.0. The summed E-state index contributed by atoms with van der Waals surface area (Å²) in [4.78, 5) is 25.6. The minimum atomic E-state index is -0.356. The maximum Gasteiger partial charge on any atom is 0.339 e. The quantitative estimate of drug-likeness (QED) is 0.394. The summed E-state index contributed by atoms with van der Waals surface area (Å²) in [5, 5.41) is 3.05. The Labute approximate surface area is 192 Å². The highest BCUT2D eigenvalue weighted by Gasteiger charge is 2.28. The molecule has 0 radical (unpaired) electrons. The molecule has 0 spiro atoms. The largest absolute Gasteiger partial charge is 0.454 e. The molecule has 162 valence electrons. The average Bonchev–Trinajstić information content (AvgIpc) is 2.86. The molecule has 1 aliphatic heterocycles. The fourth-order valence-corrected chi connectivity index (χ4v) is 4.20. The van der Waals surface area contributed by atoms with E-state index in [-0.39, 0.29) is 18.0 Å². The SMILES string of the molecule is O=C(Nc1ccccc1Cc1ccccc1)c1ccc2c(c1)C[C@@H](c1ccccc1)OC2=O. The standard InChI is InChI=1S/C29H23NO3/c31-28(30-26-14-8-7-13-22(26)17-20-9-3-1-4-10-20)23-15-16-25-24(18-23)19-27(33-29(25)32)21-11-5-2-6-12-21/h1-16,18,27H,17,19H2,(H,30,31)/t27-/m0/s1. The molecule has 0 saturated carbocycles. The van der Waals surface area contributed by atoms with Gasteiger partial charge in [-0.25, -0.2) is 4.79 Å². The summed E-state index contributed by atoms with van der Waals surface area (Å²) in [6, 6.07) is 32.8. The Kier molecular flexibility index (Phi) is 5.73. The molecular weight excluding hydrogens is 410 g/mol. The summed E-state index contributed by atoms with van der Waals surface area (Å²) in [7, 11) is 0. The fourth-order valence-electron chi connectivity index (χ4n) is 4.20. The third-order valence-corrected chi connectivity index (χ3v) is 5.92. The summed E-state index contributed by atoms with van der Waals surface area (Å²) < 4.78 is 5.63. The number of amides is 1. The predicted molar refractivity (Wildman–Crippen MR) is 128 cm³/mol. The lowest BCUT2D eigenvalue weighted by molar-refractivity contribution is 0.0252. The van der Waals surface area contributed by atoms with Gasteiger partial charge < -0.3 is 10.1 Å². The molecule has 0 saturated heterocycles. The topological polar surface area (TPSA) is 55.4 Å². The van der Waals surface area contributed by atoms with Crippen molar-refractivity contribution in [3.63, 3.8) is 0 Å². The van der Waals surface area contributed by atoms with Gasteiger partial charge in [-0.15, -0.1) is 0 Å². The number of ether oxygens (including phenoxy) is 1. The molecule has 4 aromatic carbocycles. The highest BCUT2D eigenvalue weighted by molar-refractivity contribution is 6.05. The van der Waals surface area contributed by atoms with Gasteiger partial charge in [-0.05, 0) is 52.9 Å². The van der Waals surface area contributed by atoms with E-state index in [9.17, 15) is 9.59 Å². The molecule has 4 aromatic rings. The van der Waals surface area contributed by atoms with Crippen LogP contribution in [-0.2, 0) is 17.6 Å². The number of esters is 1. The molecule has 1 heterocycles. The summed E-state index contributed by atoms with van der Waals surface area (Å²) in [5.41, 5.74) is 5.81. The molecule has 0 aromatic heterocycles. The van der Waals surface area contributed by atoms with Gasteiger partial charge in [0.05, 0.1) is 5.56 Å². The van der Waals surface area contributed by atoms with Crippen molar-refractivity contribution in [1.29, 1.82) is 0 Å². The van der Waals surface area contributed by atoms with E-state index in [1.54, 1.807) is 18.2 Å². The number of anilines is 1. The van der Waals surface area contributed by atoms with E-state index in [2.05, 4.69) is 17.4 Å². The summed E-state index contributed by atoms with van der Waals surface area (Å²) in [5.74, 6) is -0.557. The summed E-state index contributed by atoms with van der Waals surface area (Å²) in [6.07, 6.45) is 0.916. The molecule has 0 unspecified atom stereocenters. The van der Waals surface area contributed by atoms with Crippen molar-refractivity contribution < 1.29 is 14.3 Å². The Hall–Kier alpha value is -4.18. The van der Waals surface area contributed by atoms with Gasteiger partial charge >= 0.3 is 5.97 Å². The highest BCUT2D eigenvalue weighted by atomic mass is 16.5. The lowest BCUT2D eigenvalue weighted by Gasteiger charge is -2.25. The van der Waals surface area contributed by atoms with Gasteiger partial charge in [-0.3, -0.25) is 4.79 Å². The molecule has 5 rings (SSSR count). The van der Waals surface area contributed by atoms with Crippen LogP contribution in [0.5, 0.6) is 0 Å². The Bertz CT molecular complexity index is 1300. The molecule has 0 bridgehead atoms. The normalized spacial score (nSPS) is 14.8. The van der Waals surface area contributed by atoms with E-state index in [1.807, 2.05) is 72.8 Å². The zero-order valence-corrected chi connectivity index (χ0v) is 18.0. The van der Waals surface area contributed by atoms with Crippen LogP contribution in [0.15, 0.2) is 103 Å². The van der Waals surface area contributed by atoms with E-state index in [0.717, 1.165) is 28.8 Å². The number of nitrogens with one attached hydrogen (secondary N) is 1. The van der Waals surface area contributed by atoms with Crippen molar-refractivity contribution in [3.05, 3.63) is 137 Å². The van der Waals surface area contributed by atoms with Gasteiger partial charge in [0.2, 0.25) is 0 Å². The fraction of sp³-hybridized carbons (Fsp3) is 0.103. The van der Waals surface area contributed by atoms with E-state index >= 15 is 0 Å². The predicted octanol–water partition coefficient (Wildman–Crippen LogP) is 5.98. The van der Waals surface area contributed by atoms with Crippen molar-refractivity contribution in [2.45, 2.75) is 18.9 Å². The molecule has 4 heteroatoms. The lowest BCUT2D eigenvalue weighted by Crippen LogP contribution is -2.23. The van der Waals surface area contributed by atoms with Crippen LogP contribution in [-0.4, -0.2) is 11.9 Å². The number of fused-ring (bicyclic) bond motifs is 1. The van der Waals surface area contributed by atoms with E-state index in [0.29, 0.717) is 17.5 Å². The number of hydrogen-bond donors (Lipinski definition) is 1. The van der Waals surface area contributed by atoms with E-state index in [1.165, 1.54) is 5.56 Å². The molecule has 1 aliphatic rings. The van der Waals surface area contributed by atoms with Crippen LogP contribution < -0.4 is 5.32 Å². The Morgan fingerprint density at radius 2 is 1.55 bits per heavy atom. The van der Waals surface area contributed by atoms with E-state index in [4.69, 9.17) is 4.74 Å². The van der Waals surface area contributed by atoms with Gasteiger partial charge in [0.1, 0.15) is 6.10 Å². The smallest absolute Gasteiger partial charge is 0.339 e. The number of benzene rings is 4. The van der Waals surface area contributed by atoms with Crippen molar-refractivity contribution >= 4 is 17.6 Å². The third-order valence-electron chi connectivity index (χ3n) is 5.92. The molecule has 0 aliphatic carbocycles. The van der Waals surface area contributed by atoms with Crippen molar-refractivity contribution in [3.8, 4) is 0 Å². The molecule has 1 amide bonds. The van der Waals surface area contributed by atoms with Crippen LogP contribution in [0, 0.1) is 0 Å². The third kappa shape index (κ3) is 4.55. The maximum absolute atomic E-state index is 13.1. The van der Waals surface area contributed by atoms with Crippen molar-refractivity contribution in [2.75, 3.05) is 5.32 Å². The average molecular weight is 434 g/mol. The Balaban J connectivity index is 1.37. The monoisotopic (exact) mass is 433 g/mol. The molecule has 4 nitrogen and oxygen atoms in total. The summed E-state index contributed by atoms with van der Waals surface area (Å²) >= 11 is 0. The number of para-hydroxylation sites is 1. The number of carbonyl (C=O) groups excluding carboxylic acids is 2. The lowest BCUT2D eigenvalue weighted by atomic mass is 9.93. The van der Waals surface area contributed by atoms with Gasteiger partial charge in [-0.1, -0.05) is 78.9 Å². The molecule has 1 atom stereocenters.